The highest BCUT2D eigenvalue weighted by Gasteiger charge is 2.24. The van der Waals surface area contributed by atoms with Crippen molar-refractivity contribution in [2.24, 2.45) is 0 Å². The summed E-state index contributed by atoms with van der Waals surface area (Å²) >= 11 is 0. The molecular formula is C22H21FN4O2. The quantitative estimate of drug-likeness (QED) is 0.721. The van der Waals surface area contributed by atoms with Crippen LogP contribution in [0.1, 0.15) is 28.8 Å². The molecule has 0 bridgehead atoms. The molecule has 0 fully saturated rings. The van der Waals surface area contributed by atoms with Crippen LogP contribution in [0.3, 0.4) is 0 Å². The molecule has 1 aliphatic heterocycles. The maximum atomic E-state index is 13.7. The number of imidazole rings is 1. The summed E-state index contributed by atoms with van der Waals surface area (Å²) in [4.78, 5) is 30.8. The number of nitrogens with one attached hydrogen (secondary N) is 1. The van der Waals surface area contributed by atoms with Gasteiger partial charge < -0.3 is 14.8 Å². The average molecular weight is 392 g/mol. The molecule has 2 amide bonds. The standard InChI is InChI=1S/C22H21FN4O2/c23-18-7-6-16-4-2-10-27(20(16)14-18)22(29)17-3-1-5-19(13-17)25-21(28)8-11-26-12-9-24-15-26/h1,3,5-7,9,12-15H,2,4,8,10-11H2,(H,25,28). The minimum atomic E-state index is -0.359. The smallest absolute Gasteiger partial charge is 0.258 e. The second-order valence-corrected chi connectivity index (χ2v) is 7.01. The van der Waals surface area contributed by atoms with E-state index in [-0.39, 0.29) is 17.6 Å². The number of anilines is 2. The molecule has 4 rings (SSSR count). The number of hydrogen-bond donors (Lipinski definition) is 1. The van der Waals surface area contributed by atoms with Crippen molar-refractivity contribution in [1.82, 2.24) is 9.55 Å². The summed E-state index contributed by atoms with van der Waals surface area (Å²) in [6.07, 6.45) is 7.07. The predicted molar refractivity (Wildman–Crippen MR) is 108 cm³/mol. The molecule has 148 valence electrons. The molecule has 2 aromatic carbocycles. The van der Waals surface area contributed by atoms with Gasteiger partial charge in [-0.1, -0.05) is 12.1 Å². The number of amides is 2. The first kappa shape index (κ1) is 18.9. The number of carbonyl (C=O) groups excluding carboxylic acids is 2. The van der Waals surface area contributed by atoms with Gasteiger partial charge in [-0.25, -0.2) is 9.37 Å². The summed E-state index contributed by atoms with van der Waals surface area (Å²) in [6.45, 7) is 1.07. The highest BCUT2D eigenvalue weighted by atomic mass is 19.1. The molecule has 0 spiro atoms. The van der Waals surface area contributed by atoms with Crippen molar-refractivity contribution in [3.63, 3.8) is 0 Å². The summed E-state index contributed by atoms with van der Waals surface area (Å²) in [5, 5.41) is 2.83. The van der Waals surface area contributed by atoms with E-state index in [2.05, 4.69) is 10.3 Å². The molecule has 0 aliphatic carbocycles. The Labute approximate surface area is 168 Å². The van der Waals surface area contributed by atoms with Crippen molar-refractivity contribution in [2.45, 2.75) is 25.8 Å². The molecular weight excluding hydrogens is 371 g/mol. The van der Waals surface area contributed by atoms with E-state index in [9.17, 15) is 14.0 Å². The first-order chi connectivity index (χ1) is 14.1. The van der Waals surface area contributed by atoms with E-state index < -0.39 is 0 Å². The van der Waals surface area contributed by atoms with E-state index in [1.54, 1.807) is 54.0 Å². The number of nitrogens with zero attached hydrogens (tertiary/aromatic N) is 3. The van der Waals surface area contributed by atoms with Crippen molar-refractivity contribution in [3.8, 4) is 0 Å². The van der Waals surface area contributed by atoms with E-state index in [1.807, 2.05) is 4.57 Å². The normalized spacial score (nSPS) is 13.1. The third-order valence-corrected chi connectivity index (χ3v) is 4.96. The van der Waals surface area contributed by atoms with Crippen molar-refractivity contribution < 1.29 is 14.0 Å². The minimum Gasteiger partial charge on any atom is -0.337 e. The third-order valence-electron chi connectivity index (χ3n) is 4.96. The molecule has 6 nitrogen and oxygen atoms in total. The third kappa shape index (κ3) is 4.34. The van der Waals surface area contributed by atoms with Crippen molar-refractivity contribution in [3.05, 3.63) is 78.1 Å². The summed E-state index contributed by atoms with van der Waals surface area (Å²) in [7, 11) is 0. The molecule has 1 aromatic heterocycles. The van der Waals surface area contributed by atoms with Crippen LogP contribution < -0.4 is 10.2 Å². The first-order valence-electron chi connectivity index (χ1n) is 9.56. The topological polar surface area (TPSA) is 67.2 Å². The molecule has 29 heavy (non-hydrogen) atoms. The maximum Gasteiger partial charge on any atom is 0.258 e. The summed E-state index contributed by atoms with van der Waals surface area (Å²) < 4.78 is 15.6. The Bertz CT molecular complexity index is 1030. The molecule has 2 heterocycles. The van der Waals surface area contributed by atoms with Gasteiger partial charge in [-0.2, -0.15) is 0 Å². The van der Waals surface area contributed by atoms with Gasteiger partial charge in [-0.15, -0.1) is 0 Å². The number of halogens is 1. The van der Waals surface area contributed by atoms with Crippen LogP contribution in [0, 0.1) is 5.82 Å². The lowest BCUT2D eigenvalue weighted by Gasteiger charge is -2.29. The van der Waals surface area contributed by atoms with E-state index in [4.69, 9.17) is 0 Å². The largest absolute Gasteiger partial charge is 0.337 e. The van der Waals surface area contributed by atoms with E-state index in [0.29, 0.717) is 36.4 Å². The van der Waals surface area contributed by atoms with Gasteiger partial charge in [0.2, 0.25) is 5.91 Å². The fourth-order valence-electron chi connectivity index (χ4n) is 3.52. The zero-order chi connectivity index (χ0) is 20.2. The lowest BCUT2D eigenvalue weighted by molar-refractivity contribution is -0.116. The Morgan fingerprint density at radius 2 is 2.07 bits per heavy atom. The van der Waals surface area contributed by atoms with Crippen molar-refractivity contribution in [2.75, 3.05) is 16.8 Å². The minimum absolute atomic E-state index is 0.145. The molecule has 3 aromatic rings. The summed E-state index contributed by atoms with van der Waals surface area (Å²) in [5.41, 5.74) is 2.60. The molecule has 0 atom stereocenters. The summed E-state index contributed by atoms with van der Waals surface area (Å²) in [6, 6.07) is 11.4. The highest BCUT2D eigenvalue weighted by Crippen LogP contribution is 2.29. The second-order valence-electron chi connectivity index (χ2n) is 7.01. The lowest BCUT2D eigenvalue weighted by Crippen LogP contribution is -2.35. The molecule has 0 saturated heterocycles. The van der Waals surface area contributed by atoms with Gasteiger partial charge >= 0.3 is 0 Å². The Kier molecular flexibility index (Phi) is 5.37. The summed E-state index contributed by atoms with van der Waals surface area (Å²) in [5.74, 6) is -0.706. The Morgan fingerprint density at radius 1 is 1.17 bits per heavy atom. The molecule has 0 saturated carbocycles. The molecule has 0 unspecified atom stereocenters. The zero-order valence-electron chi connectivity index (χ0n) is 15.8. The molecule has 1 aliphatic rings. The Balaban J connectivity index is 1.47. The van der Waals surface area contributed by atoms with Gasteiger partial charge in [-0.05, 0) is 48.7 Å². The number of aryl methyl sites for hydroxylation is 2. The SMILES string of the molecule is O=C(CCn1ccnc1)Nc1cccc(C(=O)N2CCCc3ccc(F)cc32)c1. The zero-order valence-corrected chi connectivity index (χ0v) is 15.8. The molecule has 1 N–H and O–H groups in total. The van der Waals surface area contributed by atoms with Gasteiger partial charge in [-0.3, -0.25) is 9.59 Å². The number of aromatic nitrogens is 2. The van der Waals surface area contributed by atoms with E-state index in [1.165, 1.54) is 12.1 Å². The van der Waals surface area contributed by atoms with Crippen molar-refractivity contribution >= 4 is 23.2 Å². The first-order valence-corrected chi connectivity index (χ1v) is 9.56. The predicted octanol–water partition coefficient (Wildman–Crippen LogP) is 3.64. The monoisotopic (exact) mass is 392 g/mol. The van der Waals surface area contributed by atoms with Crippen LogP contribution in [0.5, 0.6) is 0 Å². The van der Waals surface area contributed by atoms with E-state index in [0.717, 1.165) is 18.4 Å². The Hall–Kier alpha value is -3.48. The lowest BCUT2D eigenvalue weighted by atomic mass is 10.0. The number of rotatable bonds is 5. The fraction of sp³-hybridized carbons (Fsp3) is 0.227. The van der Waals surface area contributed by atoms with E-state index >= 15 is 0 Å². The Morgan fingerprint density at radius 3 is 2.90 bits per heavy atom. The van der Waals surface area contributed by atoms with Gasteiger partial charge in [0.05, 0.1) is 12.0 Å². The average Bonchev–Trinajstić information content (AvgIpc) is 3.25. The molecule has 0 radical (unpaired) electrons. The highest BCUT2D eigenvalue weighted by molar-refractivity contribution is 6.07. The second kappa shape index (κ2) is 8.26. The van der Waals surface area contributed by atoms with Crippen LogP contribution in [0.4, 0.5) is 15.8 Å². The van der Waals surface area contributed by atoms with Crippen LogP contribution in [0.15, 0.2) is 61.2 Å². The van der Waals surface area contributed by atoms with Crippen LogP contribution in [0.25, 0.3) is 0 Å². The fourth-order valence-corrected chi connectivity index (χ4v) is 3.52. The van der Waals surface area contributed by atoms with Crippen LogP contribution in [0.2, 0.25) is 0 Å². The van der Waals surface area contributed by atoms with Crippen molar-refractivity contribution in [1.29, 1.82) is 0 Å². The maximum absolute atomic E-state index is 13.7. The molecule has 7 heteroatoms. The number of benzene rings is 2. The van der Waals surface area contributed by atoms with Crippen LogP contribution in [-0.4, -0.2) is 27.9 Å². The van der Waals surface area contributed by atoms with Gasteiger partial charge in [0.1, 0.15) is 5.82 Å². The number of carbonyl (C=O) groups is 2. The number of hydrogen-bond acceptors (Lipinski definition) is 3. The van der Waals surface area contributed by atoms with Crippen LogP contribution >= 0.6 is 0 Å². The number of fused-ring (bicyclic) bond motifs is 1. The van der Waals surface area contributed by atoms with Gasteiger partial charge in [0.25, 0.3) is 5.91 Å². The van der Waals surface area contributed by atoms with Crippen LogP contribution in [-0.2, 0) is 17.8 Å². The van der Waals surface area contributed by atoms with Gasteiger partial charge in [0.15, 0.2) is 0 Å². The van der Waals surface area contributed by atoms with Gasteiger partial charge in [0, 0.05) is 43.2 Å².